The number of anilines is 1. The summed E-state index contributed by atoms with van der Waals surface area (Å²) >= 11 is 1.53. The van der Waals surface area contributed by atoms with Gasteiger partial charge in [-0.15, -0.1) is 0 Å². The van der Waals surface area contributed by atoms with E-state index in [2.05, 4.69) is 24.2 Å². The van der Waals surface area contributed by atoms with Gasteiger partial charge in [0.1, 0.15) is 0 Å². The number of carbonyl (C=O) groups excluding carboxylic acids is 1. The minimum absolute atomic E-state index is 0.242. The van der Waals surface area contributed by atoms with Gasteiger partial charge in [0.15, 0.2) is 16.6 Å². The van der Waals surface area contributed by atoms with Gasteiger partial charge in [0.25, 0.3) is 5.91 Å². The van der Waals surface area contributed by atoms with Crippen molar-refractivity contribution in [1.29, 1.82) is 0 Å². The van der Waals surface area contributed by atoms with Crippen molar-refractivity contribution in [3.63, 3.8) is 0 Å². The van der Waals surface area contributed by atoms with E-state index in [4.69, 9.17) is 9.51 Å². The first-order valence-corrected chi connectivity index (χ1v) is 11.2. The zero-order valence-electron chi connectivity index (χ0n) is 17.8. The van der Waals surface area contributed by atoms with Crippen molar-refractivity contribution in [2.75, 3.05) is 4.90 Å². The smallest absolute Gasteiger partial charge is 0.282 e. The van der Waals surface area contributed by atoms with Crippen LogP contribution in [0.15, 0.2) is 83.4 Å². The van der Waals surface area contributed by atoms with Crippen LogP contribution in [0.3, 0.4) is 0 Å². The first kappa shape index (κ1) is 20.2. The minimum Gasteiger partial charge on any atom is -0.355 e. The standard InChI is InChI=1S/C26H21N3O2S/c1-17-13-14-18(2)24-23(17)27-26(32-24)29(16-19-9-5-3-6-10-19)25(30)21-15-22(31-28-21)20-11-7-4-8-12-20/h3-15H,16H2,1-2H3. The van der Waals surface area contributed by atoms with Gasteiger partial charge in [0.05, 0.1) is 16.8 Å². The summed E-state index contributed by atoms with van der Waals surface area (Å²) in [7, 11) is 0. The lowest BCUT2D eigenvalue weighted by Gasteiger charge is -2.18. The second kappa shape index (κ2) is 8.40. The molecule has 0 bridgehead atoms. The molecule has 158 valence electrons. The molecule has 0 aliphatic heterocycles. The molecule has 5 rings (SSSR count). The van der Waals surface area contributed by atoms with Crippen molar-refractivity contribution in [3.8, 4) is 11.3 Å². The number of aromatic nitrogens is 2. The number of carbonyl (C=O) groups is 1. The molecule has 0 spiro atoms. The van der Waals surface area contributed by atoms with Gasteiger partial charge in [-0.2, -0.15) is 0 Å². The van der Waals surface area contributed by atoms with Crippen molar-refractivity contribution in [3.05, 3.63) is 101 Å². The molecule has 0 radical (unpaired) electrons. The van der Waals surface area contributed by atoms with Crippen molar-refractivity contribution < 1.29 is 9.32 Å². The molecule has 0 unspecified atom stereocenters. The molecule has 1 amide bonds. The summed E-state index contributed by atoms with van der Waals surface area (Å²) in [5.41, 5.74) is 5.32. The quantitative estimate of drug-likeness (QED) is 0.317. The van der Waals surface area contributed by atoms with Gasteiger partial charge in [-0.1, -0.05) is 89.3 Å². The molecule has 2 heterocycles. The monoisotopic (exact) mass is 439 g/mol. The van der Waals surface area contributed by atoms with Crippen molar-refractivity contribution in [2.45, 2.75) is 20.4 Å². The second-order valence-corrected chi connectivity index (χ2v) is 8.67. The third-order valence-corrected chi connectivity index (χ3v) is 6.59. The van der Waals surface area contributed by atoms with Gasteiger partial charge >= 0.3 is 0 Å². The fourth-order valence-electron chi connectivity index (χ4n) is 3.61. The molecular formula is C26H21N3O2S. The number of benzene rings is 3. The Morgan fingerprint density at radius 1 is 0.938 bits per heavy atom. The predicted octanol–water partition coefficient (Wildman–Crippen LogP) is 6.42. The van der Waals surface area contributed by atoms with E-state index in [9.17, 15) is 4.79 Å². The lowest BCUT2D eigenvalue weighted by molar-refractivity contribution is 0.0976. The zero-order chi connectivity index (χ0) is 22.1. The molecular weight excluding hydrogens is 418 g/mol. The van der Waals surface area contributed by atoms with E-state index in [1.54, 1.807) is 11.0 Å². The van der Waals surface area contributed by atoms with Crippen LogP contribution >= 0.6 is 11.3 Å². The van der Waals surface area contributed by atoms with Crippen LogP contribution in [-0.2, 0) is 6.54 Å². The van der Waals surface area contributed by atoms with Gasteiger partial charge in [0, 0.05) is 11.6 Å². The van der Waals surface area contributed by atoms with Gasteiger partial charge < -0.3 is 4.52 Å². The number of thiazole rings is 1. The molecule has 2 aromatic heterocycles. The number of hydrogen-bond acceptors (Lipinski definition) is 5. The molecule has 32 heavy (non-hydrogen) atoms. The maximum absolute atomic E-state index is 13.6. The average Bonchev–Trinajstić information content (AvgIpc) is 3.50. The third kappa shape index (κ3) is 3.81. The number of fused-ring (bicyclic) bond motifs is 1. The van der Waals surface area contributed by atoms with Gasteiger partial charge in [-0.25, -0.2) is 4.98 Å². The number of aryl methyl sites for hydroxylation is 2. The summed E-state index contributed by atoms with van der Waals surface area (Å²) in [6.07, 6.45) is 0. The highest BCUT2D eigenvalue weighted by Crippen LogP contribution is 2.34. The second-order valence-electron chi connectivity index (χ2n) is 7.69. The maximum Gasteiger partial charge on any atom is 0.282 e. The molecule has 0 N–H and O–H groups in total. The normalized spacial score (nSPS) is 11.1. The Labute approximate surface area is 189 Å². The molecule has 0 aliphatic carbocycles. The highest BCUT2D eigenvalue weighted by molar-refractivity contribution is 7.22. The zero-order valence-corrected chi connectivity index (χ0v) is 18.6. The van der Waals surface area contributed by atoms with E-state index in [0.717, 1.165) is 32.5 Å². The van der Waals surface area contributed by atoms with Gasteiger partial charge in [0.2, 0.25) is 0 Å². The Kier molecular flexibility index (Phi) is 5.29. The fraction of sp³-hybridized carbons (Fsp3) is 0.115. The molecule has 5 nitrogen and oxygen atoms in total. The van der Waals surface area contributed by atoms with Crippen LogP contribution in [-0.4, -0.2) is 16.0 Å². The fourth-order valence-corrected chi connectivity index (χ4v) is 4.72. The molecule has 0 atom stereocenters. The topological polar surface area (TPSA) is 59.2 Å². The summed E-state index contributed by atoms with van der Waals surface area (Å²) in [5.74, 6) is 0.318. The van der Waals surface area contributed by atoms with E-state index in [1.807, 2.05) is 67.6 Å². The first-order valence-electron chi connectivity index (χ1n) is 10.3. The maximum atomic E-state index is 13.6. The van der Waals surface area contributed by atoms with Crippen LogP contribution in [0.5, 0.6) is 0 Å². The highest BCUT2D eigenvalue weighted by Gasteiger charge is 2.25. The van der Waals surface area contributed by atoms with Crippen LogP contribution in [0.4, 0.5) is 5.13 Å². The Morgan fingerprint density at radius 2 is 1.62 bits per heavy atom. The van der Waals surface area contributed by atoms with E-state index < -0.39 is 0 Å². The van der Waals surface area contributed by atoms with Crippen molar-refractivity contribution in [1.82, 2.24) is 10.1 Å². The Hall–Kier alpha value is -3.77. The summed E-state index contributed by atoms with van der Waals surface area (Å²) in [5, 5.41) is 4.73. The van der Waals surface area contributed by atoms with Crippen molar-refractivity contribution >= 4 is 32.6 Å². The lowest BCUT2D eigenvalue weighted by atomic mass is 10.1. The summed E-state index contributed by atoms with van der Waals surface area (Å²) in [6, 6.07) is 25.4. The molecule has 5 aromatic rings. The molecule has 3 aromatic carbocycles. The predicted molar refractivity (Wildman–Crippen MR) is 128 cm³/mol. The van der Waals surface area contributed by atoms with Crippen LogP contribution in [0.2, 0.25) is 0 Å². The first-order chi connectivity index (χ1) is 15.6. The summed E-state index contributed by atoms with van der Waals surface area (Å²) < 4.78 is 6.58. The number of hydrogen-bond donors (Lipinski definition) is 0. The molecule has 0 saturated heterocycles. The third-order valence-electron chi connectivity index (χ3n) is 5.38. The summed E-state index contributed by atoms with van der Waals surface area (Å²) in [4.78, 5) is 20.1. The van der Waals surface area contributed by atoms with Crippen LogP contribution < -0.4 is 4.90 Å². The van der Waals surface area contributed by atoms with E-state index in [0.29, 0.717) is 17.4 Å². The largest absolute Gasteiger partial charge is 0.355 e. The Morgan fingerprint density at radius 3 is 2.34 bits per heavy atom. The molecule has 0 saturated carbocycles. The van der Waals surface area contributed by atoms with Gasteiger partial charge in [-0.3, -0.25) is 9.69 Å². The van der Waals surface area contributed by atoms with E-state index in [-0.39, 0.29) is 11.6 Å². The Balaban J connectivity index is 1.56. The van der Waals surface area contributed by atoms with Crippen molar-refractivity contribution in [2.24, 2.45) is 0 Å². The van der Waals surface area contributed by atoms with Crippen LogP contribution in [0, 0.1) is 13.8 Å². The van der Waals surface area contributed by atoms with E-state index >= 15 is 0 Å². The number of rotatable bonds is 5. The van der Waals surface area contributed by atoms with Gasteiger partial charge in [-0.05, 0) is 30.5 Å². The lowest BCUT2D eigenvalue weighted by Crippen LogP contribution is -2.30. The average molecular weight is 440 g/mol. The van der Waals surface area contributed by atoms with Crippen LogP contribution in [0.1, 0.15) is 27.2 Å². The molecule has 6 heteroatoms. The highest BCUT2D eigenvalue weighted by atomic mass is 32.1. The van der Waals surface area contributed by atoms with Crippen LogP contribution in [0.25, 0.3) is 21.5 Å². The Bertz CT molecular complexity index is 1350. The number of amides is 1. The molecule has 0 fully saturated rings. The SMILES string of the molecule is Cc1ccc(C)c2sc(N(Cc3ccccc3)C(=O)c3cc(-c4ccccc4)on3)nc12. The minimum atomic E-state index is -0.242. The summed E-state index contributed by atoms with van der Waals surface area (Å²) in [6.45, 7) is 4.50. The van der Waals surface area contributed by atoms with E-state index in [1.165, 1.54) is 11.3 Å². The number of nitrogens with zero attached hydrogens (tertiary/aromatic N) is 3. The molecule has 0 aliphatic rings.